The summed E-state index contributed by atoms with van der Waals surface area (Å²) in [6.45, 7) is 6.52. The fourth-order valence-electron chi connectivity index (χ4n) is 3.60. The molecule has 3 aromatic rings. The first-order valence-electron chi connectivity index (χ1n) is 9.04. The summed E-state index contributed by atoms with van der Waals surface area (Å²) in [5.41, 5.74) is 5.64. The molecule has 0 aliphatic carbocycles. The number of aryl methyl sites for hydroxylation is 1. The Hall–Kier alpha value is -2.50. The molecule has 0 bridgehead atoms. The van der Waals surface area contributed by atoms with Crippen LogP contribution in [-0.4, -0.2) is 27.9 Å². The van der Waals surface area contributed by atoms with Gasteiger partial charge in [-0.3, -0.25) is 4.98 Å². The van der Waals surface area contributed by atoms with Crippen LogP contribution in [0.2, 0.25) is 0 Å². The van der Waals surface area contributed by atoms with E-state index in [0.29, 0.717) is 0 Å². The molecule has 1 aromatic carbocycles. The number of nitrogens with zero attached hydrogens (tertiary/aromatic N) is 3. The van der Waals surface area contributed by atoms with Gasteiger partial charge in [-0.15, -0.1) is 0 Å². The zero-order valence-corrected chi connectivity index (χ0v) is 15.3. The first-order chi connectivity index (χ1) is 12.7. The Morgan fingerprint density at radius 1 is 1.19 bits per heavy atom. The number of hydrogen-bond donors (Lipinski definition) is 1. The van der Waals surface area contributed by atoms with Crippen molar-refractivity contribution in [3.8, 4) is 5.69 Å². The van der Waals surface area contributed by atoms with E-state index in [4.69, 9.17) is 4.74 Å². The summed E-state index contributed by atoms with van der Waals surface area (Å²) in [7, 11) is 0. The summed E-state index contributed by atoms with van der Waals surface area (Å²) < 4.78 is 8.05. The third-order valence-electron chi connectivity index (χ3n) is 5.08. The molecule has 134 valence electrons. The van der Waals surface area contributed by atoms with Crippen molar-refractivity contribution in [1.82, 2.24) is 20.1 Å². The van der Waals surface area contributed by atoms with E-state index in [1.54, 1.807) is 12.4 Å². The predicted octanol–water partition coefficient (Wildman–Crippen LogP) is 3.15. The molecule has 0 spiro atoms. The standard InChI is InChI=1S/C21H24N4O/c1-16-18(14-25(24-16)19-7-10-22-11-8-19)13-23-15-21(2)20-6-4-3-5-17(20)9-12-26-21/h3-8,10-11,14,23H,9,12-13,15H2,1-2H3. The molecule has 1 aliphatic rings. The van der Waals surface area contributed by atoms with Gasteiger partial charge in [0.1, 0.15) is 5.60 Å². The van der Waals surface area contributed by atoms with Gasteiger partial charge in [0.2, 0.25) is 0 Å². The molecule has 1 unspecified atom stereocenters. The Morgan fingerprint density at radius 2 is 2.00 bits per heavy atom. The Balaban J connectivity index is 1.45. The Bertz CT molecular complexity index is 890. The average Bonchev–Trinajstić information content (AvgIpc) is 3.04. The van der Waals surface area contributed by atoms with Crippen molar-refractivity contribution in [3.63, 3.8) is 0 Å². The van der Waals surface area contributed by atoms with Gasteiger partial charge in [0.05, 0.1) is 18.0 Å². The van der Waals surface area contributed by atoms with Crippen molar-refractivity contribution >= 4 is 0 Å². The fraction of sp³-hybridized carbons (Fsp3) is 0.333. The van der Waals surface area contributed by atoms with Gasteiger partial charge in [-0.05, 0) is 43.5 Å². The number of fused-ring (bicyclic) bond motifs is 1. The predicted molar refractivity (Wildman–Crippen MR) is 101 cm³/mol. The van der Waals surface area contributed by atoms with E-state index in [0.717, 1.165) is 37.5 Å². The molecule has 5 heteroatoms. The zero-order valence-electron chi connectivity index (χ0n) is 15.3. The Morgan fingerprint density at radius 3 is 2.85 bits per heavy atom. The van der Waals surface area contributed by atoms with Crippen LogP contribution in [0.25, 0.3) is 5.69 Å². The molecule has 1 atom stereocenters. The second kappa shape index (κ2) is 7.02. The monoisotopic (exact) mass is 348 g/mol. The molecule has 2 aromatic heterocycles. The SMILES string of the molecule is Cc1nn(-c2ccncc2)cc1CNCC1(C)OCCc2ccccc21. The normalized spacial score (nSPS) is 19.3. The van der Waals surface area contributed by atoms with Crippen LogP contribution in [0.15, 0.2) is 55.0 Å². The van der Waals surface area contributed by atoms with Crippen molar-refractivity contribution in [2.24, 2.45) is 0 Å². The van der Waals surface area contributed by atoms with Gasteiger partial charge in [-0.1, -0.05) is 24.3 Å². The number of nitrogens with one attached hydrogen (secondary N) is 1. The van der Waals surface area contributed by atoms with Crippen LogP contribution in [0.1, 0.15) is 29.3 Å². The van der Waals surface area contributed by atoms with E-state index in [9.17, 15) is 0 Å². The molecule has 0 saturated heterocycles. The Kier molecular flexibility index (Phi) is 4.57. The topological polar surface area (TPSA) is 52.0 Å². The molecule has 0 fully saturated rings. The maximum absolute atomic E-state index is 6.14. The van der Waals surface area contributed by atoms with E-state index < -0.39 is 0 Å². The van der Waals surface area contributed by atoms with Crippen LogP contribution in [0.3, 0.4) is 0 Å². The first kappa shape index (κ1) is 16.9. The number of ether oxygens (including phenoxy) is 1. The average molecular weight is 348 g/mol. The van der Waals surface area contributed by atoms with Crippen molar-refractivity contribution in [3.05, 3.63) is 77.4 Å². The second-order valence-electron chi connectivity index (χ2n) is 6.98. The highest BCUT2D eigenvalue weighted by Crippen LogP contribution is 2.32. The zero-order chi connectivity index (χ0) is 18.0. The molecule has 3 heterocycles. The van der Waals surface area contributed by atoms with E-state index in [1.165, 1.54) is 16.7 Å². The molecule has 0 saturated carbocycles. The van der Waals surface area contributed by atoms with E-state index in [1.807, 2.05) is 23.7 Å². The summed E-state index contributed by atoms with van der Waals surface area (Å²) in [4.78, 5) is 4.06. The third kappa shape index (κ3) is 3.28. The van der Waals surface area contributed by atoms with Gasteiger partial charge in [-0.25, -0.2) is 4.68 Å². The maximum atomic E-state index is 6.14. The molecular formula is C21H24N4O. The van der Waals surface area contributed by atoms with Crippen LogP contribution in [0.4, 0.5) is 0 Å². The highest BCUT2D eigenvalue weighted by Gasteiger charge is 2.32. The smallest absolute Gasteiger partial charge is 0.103 e. The van der Waals surface area contributed by atoms with Crippen LogP contribution >= 0.6 is 0 Å². The number of rotatable bonds is 5. The molecular weight excluding hydrogens is 324 g/mol. The molecule has 0 amide bonds. The van der Waals surface area contributed by atoms with Crippen molar-refractivity contribution in [2.45, 2.75) is 32.4 Å². The number of hydrogen-bond acceptors (Lipinski definition) is 4. The highest BCUT2D eigenvalue weighted by molar-refractivity contribution is 5.34. The van der Waals surface area contributed by atoms with Gasteiger partial charge in [-0.2, -0.15) is 5.10 Å². The summed E-state index contributed by atoms with van der Waals surface area (Å²) in [6, 6.07) is 12.5. The van der Waals surface area contributed by atoms with E-state index in [-0.39, 0.29) is 5.60 Å². The number of aromatic nitrogens is 3. The minimum absolute atomic E-state index is 0.288. The minimum Gasteiger partial charge on any atom is -0.369 e. The van der Waals surface area contributed by atoms with Gasteiger partial charge >= 0.3 is 0 Å². The summed E-state index contributed by atoms with van der Waals surface area (Å²) in [5.74, 6) is 0. The van der Waals surface area contributed by atoms with Gasteiger partial charge in [0, 0.05) is 37.2 Å². The van der Waals surface area contributed by atoms with Gasteiger partial charge in [0.25, 0.3) is 0 Å². The molecule has 5 nitrogen and oxygen atoms in total. The van der Waals surface area contributed by atoms with Crippen LogP contribution in [-0.2, 0) is 23.3 Å². The maximum Gasteiger partial charge on any atom is 0.103 e. The second-order valence-corrected chi connectivity index (χ2v) is 6.98. The van der Waals surface area contributed by atoms with Crippen molar-refractivity contribution < 1.29 is 4.74 Å². The van der Waals surface area contributed by atoms with Gasteiger partial charge in [0.15, 0.2) is 0 Å². The highest BCUT2D eigenvalue weighted by atomic mass is 16.5. The summed E-state index contributed by atoms with van der Waals surface area (Å²) in [6.07, 6.45) is 6.63. The van der Waals surface area contributed by atoms with Crippen LogP contribution in [0, 0.1) is 6.92 Å². The lowest BCUT2D eigenvalue weighted by molar-refractivity contribution is -0.0450. The lowest BCUT2D eigenvalue weighted by Gasteiger charge is -2.36. The van der Waals surface area contributed by atoms with Crippen LogP contribution in [0.5, 0.6) is 0 Å². The van der Waals surface area contributed by atoms with E-state index >= 15 is 0 Å². The van der Waals surface area contributed by atoms with Crippen molar-refractivity contribution in [1.29, 1.82) is 0 Å². The first-order valence-corrected chi connectivity index (χ1v) is 9.04. The summed E-state index contributed by atoms with van der Waals surface area (Å²) in [5, 5.41) is 8.18. The lowest BCUT2D eigenvalue weighted by atomic mass is 9.87. The molecule has 1 N–H and O–H groups in total. The number of benzene rings is 1. The van der Waals surface area contributed by atoms with Gasteiger partial charge < -0.3 is 10.1 Å². The quantitative estimate of drug-likeness (QED) is 0.770. The minimum atomic E-state index is -0.288. The number of pyridine rings is 1. The van der Waals surface area contributed by atoms with E-state index in [2.05, 4.69) is 52.8 Å². The third-order valence-corrected chi connectivity index (χ3v) is 5.08. The largest absolute Gasteiger partial charge is 0.369 e. The molecule has 26 heavy (non-hydrogen) atoms. The molecule has 1 aliphatic heterocycles. The van der Waals surface area contributed by atoms with Crippen molar-refractivity contribution in [2.75, 3.05) is 13.2 Å². The summed E-state index contributed by atoms with van der Waals surface area (Å²) >= 11 is 0. The van der Waals surface area contributed by atoms with Crippen LogP contribution < -0.4 is 5.32 Å². The fourth-order valence-corrected chi connectivity index (χ4v) is 3.60. The molecule has 0 radical (unpaired) electrons. The lowest BCUT2D eigenvalue weighted by Crippen LogP contribution is -2.41. The molecule has 4 rings (SSSR count). The Labute approximate surface area is 154 Å².